The monoisotopic (exact) mass is 401 g/mol. The molecule has 0 aliphatic rings. The fraction of sp³-hybridized carbons (Fsp3) is 0.0909. The summed E-state index contributed by atoms with van der Waals surface area (Å²) in [5.41, 5.74) is 6.74. The van der Waals surface area contributed by atoms with Gasteiger partial charge < -0.3 is 9.30 Å². The first-order chi connectivity index (χ1) is 14.6. The van der Waals surface area contributed by atoms with Crippen LogP contribution in [0.1, 0.15) is 11.1 Å². The third-order valence-electron chi connectivity index (χ3n) is 4.60. The van der Waals surface area contributed by atoms with Crippen LogP contribution in [0, 0.1) is 10.1 Å². The van der Waals surface area contributed by atoms with Gasteiger partial charge in [-0.2, -0.15) is 5.10 Å². The zero-order valence-corrected chi connectivity index (χ0v) is 16.2. The first-order valence-electron chi connectivity index (χ1n) is 9.27. The molecule has 4 rings (SSSR count). The number of imidazole rings is 1. The maximum Gasteiger partial charge on any atom is 0.269 e. The van der Waals surface area contributed by atoms with E-state index in [2.05, 4.69) is 15.5 Å². The molecule has 1 heterocycles. The Morgan fingerprint density at radius 2 is 1.83 bits per heavy atom. The van der Waals surface area contributed by atoms with Crippen molar-refractivity contribution < 1.29 is 9.66 Å². The number of benzene rings is 3. The summed E-state index contributed by atoms with van der Waals surface area (Å²) in [5, 5.41) is 15.0. The Bertz CT molecular complexity index is 1200. The van der Waals surface area contributed by atoms with Gasteiger partial charge in [0.25, 0.3) is 5.69 Å². The Labute approximate surface area is 172 Å². The molecular formula is C22H19N5O3. The number of hydrogen-bond acceptors (Lipinski definition) is 6. The van der Waals surface area contributed by atoms with Crippen LogP contribution in [0.2, 0.25) is 0 Å². The molecule has 0 saturated heterocycles. The first kappa shape index (κ1) is 19.1. The normalized spacial score (nSPS) is 11.1. The number of para-hydroxylation sites is 2. The maximum absolute atomic E-state index is 10.7. The molecule has 1 aromatic heterocycles. The van der Waals surface area contributed by atoms with Crippen molar-refractivity contribution in [2.75, 3.05) is 5.43 Å². The zero-order valence-electron chi connectivity index (χ0n) is 16.2. The number of aromatic nitrogens is 2. The fourth-order valence-corrected chi connectivity index (χ4v) is 2.94. The van der Waals surface area contributed by atoms with Crippen molar-refractivity contribution >= 4 is 28.9 Å². The van der Waals surface area contributed by atoms with E-state index in [9.17, 15) is 10.1 Å². The third-order valence-corrected chi connectivity index (χ3v) is 4.60. The lowest BCUT2D eigenvalue weighted by Gasteiger charge is -2.06. The summed E-state index contributed by atoms with van der Waals surface area (Å²) in [7, 11) is 1.93. The Morgan fingerprint density at radius 3 is 2.53 bits per heavy atom. The number of nitrogens with zero attached hydrogens (tertiary/aromatic N) is 4. The molecule has 0 spiro atoms. The number of anilines is 1. The number of aryl methyl sites for hydroxylation is 1. The van der Waals surface area contributed by atoms with E-state index in [1.165, 1.54) is 12.1 Å². The van der Waals surface area contributed by atoms with E-state index in [0.717, 1.165) is 22.2 Å². The van der Waals surface area contributed by atoms with Crippen molar-refractivity contribution in [3.05, 3.63) is 94.0 Å². The zero-order chi connectivity index (χ0) is 20.9. The van der Waals surface area contributed by atoms with E-state index in [0.29, 0.717) is 18.3 Å². The minimum absolute atomic E-state index is 0.0645. The Balaban J connectivity index is 1.33. The number of hydrazone groups is 1. The summed E-state index contributed by atoms with van der Waals surface area (Å²) < 4.78 is 7.67. The molecule has 0 amide bonds. The molecule has 0 fully saturated rings. The lowest BCUT2D eigenvalue weighted by Crippen LogP contribution is -1.99. The van der Waals surface area contributed by atoms with Crippen molar-refractivity contribution in [2.24, 2.45) is 12.1 Å². The average Bonchev–Trinajstić information content (AvgIpc) is 3.09. The van der Waals surface area contributed by atoms with Crippen molar-refractivity contribution in [3.8, 4) is 5.75 Å². The van der Waals surface area contributed by atoms with Crippen LogP contribution < -0.4 is 10.2 Å². The lowest BCUT2D eigenvalue weighted by molar-refractivity contribution is -0.384. The van der Waals surface area contributed by atoms with Crippen LogP contribution in [-0.2, 0) is 13.7 Å². The van der Waals surface area contributed by atoms with Gasteiger partial charge in [0.2, 0.25) is 5.95 Å². The predicted octanol–water partition coefficient (Wildman–Crippen LogP) is 4.51. The van der Waals surface area contributed by atoms with Gasteiger partial charge in [-0.25, -0.2) is 10.4 Å². The highest BCUT2D eigenvalue weighted by molar-refractivity contribution is 5.81. The number of rotatable bonds is 7. The molecule has 0 aliphatic carbocycles. The van der Waals surface area contributed by atoms with Crippen LogP contribution in [0.25, 0.3) is 11.0 Å². The molecule has 0 aliphatic heterocycles. The number of ether oxygens (including phenoxy) is 1. The molecule has 3 aromatic carbocycles. The smallest absolute Gasteiger partial charge is 0.269 e. The van der Waals surface area contributed by atoms with Crippen molar-refractivity contribution in [3.63, 3.8) is 0 Å². The molecular weight excluding hydrogens is 382 g/mol. The van der Waals surface area contributed by atoms with Crippen LogP contribution in [-0.4, -0.2) is 20.7 Å². The predicted molar refractivity (Wildman–Crippen MR) is 116 cm³/mol. The van der Waals surface area contributed by atoms with Crippen LogP contribution in [0.15, 0.2) is 77.9 Å². The summed E-state index contributed by atoms with van der Waals surface area (Å²) in [5.74, 6) is 1.37. The topological polar surface area (TPSA) is 94.6 Å². The molecule has 0 unspecified atom stereocenters. The van der Waals surface area contributed by atoms with Gasteiger partial charge in [0, 0.05) is 19.2 Å². The Hall–Kier alpha value is -4.20. The number of hydrogen-bond donors (Lipinski definition) is 1. The highest BCUT2D eigenvalue weighted by Gasteiger charge is 2.06. The van der Waals surface area contributed by atoms with Gasteiger partial charge in [-0.1, -0.05) is 12.1 Å². The summed E-state index contributed by atoms with van der Waals surface area (Å²) in [4.78, 5) is 14.8. The number of nitrogens with one attached hydrogen (secondary N) is 1. The highest BCUT2D eigenvalue weighted by Crippen LogP contribution is 2.18. The minimum Gasteiger partial charge on any atom is -0.489 e. The quantitative estimate of drug-likeness (QED) is 0.279. The maximum atomic E-state index is 10.7. The second kappa shape index (κ2) is 8.44. The summed E-state index contributed by atoms with van der Waals surface area (Å²) >= 11 is 0. The molecule has 30 heavy (non-hydrogen) atoms. The van der Waals surface area contributed by atoms with Crippen LogP contribution in [0.4, 0.5) is 11.6 Å². The SMILES string of the molecule is Cn1c(N/N=C\c2ccc(OCc3ccc([N+](=O)[O-])cc3)cc2)nc2ccccc21. The molecule has 0 bridgehead atoms. The van der Waals surface area contributed by atoms with E-state index in [1.807, 2.05) is 60.1 Å². The summed E-state index contributed by atoms with van der Waals surface area (Å²) in [6, 6.07) is 21.7. The first-order valence-corrected chi connectivity index (χ1v) is 9.27. The summed E-state index contributed by atoms with van der Waals surface area (Å²) in [6.07, 6.45) is 1.71. The average molecular weight is 401 g/mol. The largest absolute Gasteiger partial charge is 0.489 e. The molecule has 0 atom stereocenters. The number of nitro groups is 1. The van der Waals surface area contributed by atoms with Crippen LogP contribution >= 0.6 is 0 Å². The van der Waals surface area contributed by atoms with Crippen molar-refractivity contribution in [2.45, 2.75) is 6.61 Å². The van der Waals surface area contributed by atoms with Crippen molar-refractivity contribution in [1.29, 1.82) is 0 Å². The van der Waals surface area contributed by atoms with Gasteiger partial charge in [-0.3, -0.25) is 10.1 Å². The van der Waals surface area contributed by atoms with Gasteiger partial charge in [-0.05, 0) is 59.7 Å². The molecule has 0 saturated carbocycles. The van der Waals surface area contributed by atoms with E-state index >= 15 is 0 Å². The van der Waals surface area contributed by atoms with Gasteiger partial charge in [-0.15, -0.1) is 0 Å². The number of nitro benzene ring substituents is 1. The molecule has 1 N–H and O–H groups in total. The van der Waals surface area contributed by atoms with Gasteiger partial charge in [0.1, 0.15) is 12.4 Å². The summed E-state index contributed by atoms with van der Waals surface area (Å²) in [6.45, 7) is 0.333. The Kier molecular flexibility index (Phi) is 5.38. The highest BCUT2D eigenvalue weighted by atomic mass is 16.6. The number of non-ortho nitro benzene ring substituents is 1. The van der Waals surface area contributed by atoms with E-state index in [-0.39, 0.29) is 5.69 Å². The standard InChI is InChI=1S/C22H19N5O3/c1-26-21-5-3-2-4-20(21)24-22(26)25-23-14-16-8-12-19(13-9-16)30-15-17-6-10-18(11-7-17)27(28)29/h2-14H,15H2,1H3,(H,24,25)/b23-14-. The van der Waals surface area contributed by atoms with Crippen LogP contribution in [0.5, 0.6) is 5.75 Å². The van der Waals surface area contributed by atoms with Crippen molar-refractivity contribution in [1.82, 2.24) is 9.55 Å². The molecule has 8 heteroatoms. The Morgan fingerprint density at radius 1 is 1.10 bits per heavy atom. The fourth-order valence-electron chi connectivity index (χ4n) is 2.94. The second-order valence-corrected chi connectivity index (χ2v) is 6.63. The second-order valence-electron chi connectivity index (χ2n) is 6.63. The molecule has 150 valence electrons. The molecule has 4 aromatic rings. The molecule has 8 nitrogen and oxygen atoms in total. The molecule has 0 radical (unpaired) electrons. The number of fused-ring (bicyclic) bond motifs is 1. The third kappa shape index (κ3) is 4.27. The van der Waals surface area contributed by atoms with Gasteiger partial charge in [0.05, 0.1) is 22.2 Å². The van der Waals surface area contributed by atoms with E-state index < -0.39 is 4.92 Å². The van der Waals surface area contributed by atoms with Crippen LogP contribution in [0.3, 0.4) is 0 Å². The minimum atomic E-state index is -0.421. The van der Waals surface area contributed by atoms with E-state index in [4.69, 9.17) is 4.74 Å². The van der Waals surface area contributed by atoms with Gasteiger partial charge in [0.15, 0.2) is 0 Å². The van der Waals surface area contributed by atoms with E-state index in [1.54, 1.807) is 18.3 Å². The van der Waals surface area contributed by atoms with Gasteiger partial charge >= 0.3 is 0 Å². The lowest BCUT2D eigenvalue weighted by atomic mass is 10.2.